The lowest BCUT2D eigenvalue weighted by molar-refractivity contribution is 1.17. The van der Waals surface area contributed by atoms with Gasteiger partial charge in [0.15, 0.2) is 5.82 Å². The summed E-state index contributed by atoms with van der Waals surface area (Å²) in [5.74, 6) is 0.703. The monoisotopic (exact) mass is 699 g/mol. The fourth-order valence-electron chi connectivity index (χ4n) is 8.49. The molecule has 0 aliphatic heterocycles. The summed E-state index contributed by atoms with van der Waals surface area (Å²) in [4.78, 5) is 11.0. The Bertz CT molecular complexity index is 3210. The smallest absolute Gasteiger partial charge is 0.161 e. The minimum absolute atomic E-state index is 0.703. The van der Waals surface area contributed by atoms with Crippen LogP contribution in [0.3, 0.4) is 0 Å². The van der Waals surface area contributed by atoms with E-state index in [4.69, 9.17) is 9.97 Å². The molecule has 0 fully saturated rings. The maximum atomic E-state index is 5.51. The molecular weight excluding hydrogens is 667 g/mol. The van der Waals surface area contributed by atoms with Crippen molar-refractivity contribution in [3.8, 4) is 50.7 Å². The van der Waals surface area contributed by atoms with Gasteiger partial charge >= 0.3 is 0 Å². The van der Waals surface area contributed by atoms with Crippen LogP contribution in [0.5, 0.6) is 0 Å². The van der Waals surface area contributed by atoms with Crippen LogP contribution >= 0.6 is 0 Å². The predicted octanol–water partition coefficient (Wildman–Crippen LogP) is 13.7. The number of hydrogen-bond acceptors (Lipinski definition) is 2. The summed E-state index contributed by atoms with van der Waals surface area (Å²) in [7, 11) is 0. The molecule has 0 N–H and O–H groups in total. The Morgan fingerprint density at radius 2 is 0.927 bits per heavy atom. The lowest BCUT2D eigenvalue weighted by Gasteiger charge is -2.16. The van der Waals surface area contributed by atoms with Crippen molar-refractivity contribution < 1.29 is 0 Å². The Morgan fingerprint density at radius 1 is 0.327 bits per heavy atom. The zero-order valence-corrected chi connectivity index (χ0v) is 29.9. The molecule has 0 amide bonds. The largest absolute Gasteiger partial charge is 0.309 e. The number of hydrogen-bond donors (Lipinski definition) is 0. The topological polar surface area (TPSA) is 30.7 Å². The zero-order chi connectivity index (χ0) is 36.3. The van der Waals surface area contributed by atoms with Crippen LogP contribution in [0, 0.1) is 0 Å². The highest BCUT2D eigenvalue weighted by Crippen LogP contribution is 2.41. The molecule has 0 spiro atoms. The molecule has 0 aliphatic rings. The van der Waals surface area contributed by atoms with Gasteiger partial charge in [-0.3, -0.25) is 0 Å². The molecule has 11 rings (SSSR count). The van der Waals surface area contributed by atoms with E-state index in [-0.39, 0.29) is 0 Å². The van der Waals surface area contributed by atoms with Gasteiger partial charge in [-0.25, -0.2) is 9.97 Å². The number of fused-ring (bicyclic) bond motifs is 7. The third kappa shape index (κ3) is 5.13. The molecule has 0 radical (unpaired) electrons. The van der Waals surface area contributed by atoms with E-state index in [1.54, 1.807) is 0 Å². The van der Waals surface area contributed by atoms with Gasteiger partial charge in [-0.05, 0) is 79.8 Å². The summed E-state index contributed by atoms with van der Waals surface area (Å²) < 4.78 is 2.37. The average molecular weight is 700 g/mol. The van der Waals surface area contributed by atoms with Gasteiger partial charge in [0.25, 0.3) is 0 Å². The highest BCUT2D eigenvalue weighted by molar-refractivity contribution is 6.19. The van der Waals surface area contributed by atoms with Gasteiger partial charge in [0.1, 0.15) is 0 Å². The molecule has 0 bridgehead atoms. The van der Waals surface area contributed by atoms with Crippen LogP contribution in [-0.2, 0) is 0 Å². The van der Waals surface area contributed by atoms with E-state index in [0.29, 0.717) is 5.82 Å². The van der Waals surface area contributed by atoms with Gasteiger partial charge in [-0.2, -0.15) is 0 Å². The van der Waals surface area contributed by atoms with Crippen LogP contribution in [-0.4, -0.2) is 14.5 Å². The molecule has 3 heteroatoms. The maximum absolute atomic E-state index is 5.51. The van der Waals surface area contributed by atoms with Crippen molar-refractivity contribution in [3.63, 3.8) is 0 Å². The number of para-hydroxylation sites is 2. The molecule has 2 heterocycles. The Hall–Kier alpha value is -7.36. The first kappa shape index (κ1) is 31.2. The quantitative estimate of drug-likeness (QED) is 0.132. The van der Waals surface area contributed by atoms with Crippen LogP contribution in [0.4, 0.5) is 0 Å². The van der Waals surface area contributed by atoms with Crippen molar-refractivity contribution in [1.82, 2.24) is 14.5 Å². The van der Waals surface area contributed by atoms with Crippen molar-refractivity contribution in [2.75, 3.05) is 0 Å². The molecular formula is C52H33N3. The first-order valence-corrected chi connectivity index (χ1v) is 18.7. The molecule has 55 heavy (non-hydrogen) atoms. The molecule has 0 saturated carbocycles. The number of rotatable bonds is 5. The molecule has 0 saturated heterocycles. The fourth-order valence-corrected chi connectivity index (χ4v) is 8.49. The molecule has 256 valence electrons. The number of nitrogens with zero attached hydrogens (tertiary/aromatic N) is 3. The van der Waals surface area contributed by atoms with Gasteiger partial charge in [-0.1, -0.05) is 164 Å². The Morgan fingerprint density at radius 3 is 1.71 bits per heavy atom. The Labute approximate surface area is 318 Å². The highest BCUT2D eigenvalue weighted by atomic mass is 15.0. The van der Waals surface area contributed by atoms with Crippen molar-refractivity contribution in [3.05, 3.63) is 200 Å². The second-order valence-corrected chi connectivity index (χ2v) is 14.1. The summed E-state index contributed by atoms with van der Waals surface area (Å²) in [6.07, 6.45) is 0. The second-order valence-electron chi connectivity index (χ2n) is 14.1. The molecule has 3 nitrogen and oxygen atoms in total. The first-order valence-electron chi connectivity index (χ1n) is 18.7. The molecule has 2 aromatic heterocycles. The molecule has 0 aliphatic carbocycles. The van der Waals surface area contributed by atoms with E-state index in [1.165, 1.54) is 38.0 Å². The van der Waals surface area contributed by atoms with E-state index >= 15 is 0 Å². The maximum Gasteiger partial charge on any atom is 0.161 e. The Kier molecular flexibility index (Phi) is 7.17. The summed E-state index contributed by atoms with van der Waals surface area (Å²) in [6, 6.07) is 71.5. The first-order chi connectivity index (χ1) is 27.3. The summed E-state index contributed by atoms with van der Waals surface area (Å²) in [5.41, 5.74) is 10.6. The average Bonchev–Trinajstić information content (AvgIpc) is 3.60. The standard InChI is InChI=1S/C52H33N3/c1-2-15-34(16-3-1)39-21-8-9-24-42(39)48-33-47(37-19-14-20-38(31-37)55-49-27-12-10-25-43(49)44-26-11-13-28-50(44)55)53-52(54-48)51-41-23-7-5-18-36(41)32-46-40-22-6-4-17-35(40)29-30-45(46)51/h1-33H. The van der Waals surface area contributed by atoms with Crippen molar-refractivity contribution in [2.45, 2.75) is 0 Å². The lowest BCUT2D eigenvalue weighted by atomic mass is 9.92. The van der Waals surface area contributed by atoms with Crippen molar-refractivity contribution >= 4 is 54.1 Å². The van der Waals surface area contributed by atoms with Gasteiger partial charge in [0, 0.05) is 33.2 Å². The van der Waals surface area contributed by atoms with E-state index < -0.39 is 0 Å². The summed E-state index contributed by atoms with van der Waals surface area (Å²) >= 11 is 0. The molecule has 0 unspecified atom stereocenters. The van der Waals surface area contributed by atoms with Crippen LogP contribution in [0.2, 0.25) is 0 Å². The zero-order valence-electron chi connectivity index (χ0n) is 29.9. The van der Waals surface area contributed by atoms with E-state index in [2.05, 4.69) is 205 Å². The van der Waals surface area contributed by atoms with Gasteiger partial charge < -0.3 is 4.57 Å². The van der Waals surface area contributed by atoms with Crippen LogP contribution in [0.25, 0.3) is 105 Å². The molecule has 9 aromatic carbocycles. The fraction of sp³-hybridized carbons (Fsp3) is 0. The second kappa shape index (κ2) is 12.6. The van der Waals surface area contributed by atoms with Crippen LogP contribution in [0.1, 0.15) is 0 Å². The van der Waals surface area contributed by atoms with E-state index in [1.807, 2.05) is 0 Å². The number of benzene rings is 9. The normalized spacial score (nSPS) is 11.6. The van der Waals surface area contributed by atoms with E-state index in [0.717, 1.165) is 61.1 Å². The van der Waals surface area contributed by atoms with Crippen molar-refractivity contribution in [1.29, 1.82) is 0 Å². The summed E-state index contributed by atoms with van der Waals surface area (Å²) in [5, 5.41) is 9.53. The lowest BCUT2D eigenvalue weighted by Crippen LogP contribution is -1.99. The number of aromatic nitrogens is 3. The van der Waals surface area contributed by atoms with E-state index in [9.17, 15) is 0 Å². The van der Waals surface area contributed by atoms with Crippen molar-refractivity contribution in [2.24, 2.45) is 0 Å². The minimum Gasteiger partial charge on any atom is -0.309 e. The minimum atomic E-state index is 0.703. The van der Waals surface area contributed by atoms with Crippen LogP contribution < -0.4 is 0 Å². The van der Waals surface area contributed by atoms with Gasteiger partial charge in [0.2, 0.25) is 0 Å². The van der Waals surface area contributed by atoms with Gasteiger partial charge in [-0.15, -0.1) is 0 Å². The van der Waals surface area contributed by atoms with Crippen LogP contribution in [0.15, 0.2) is 200 Å². The Balaban J connectivity index is 1.20. The summed E-state index contributed by atoms with van der Waals surface area (Å²) in [6.45, 7) is 0. The predicted molar refractivity (Wildman–Crippen MR) is 231 cm³/mol. The SMILES string of the molecule is c1ccc(-c2ccccc2-c2cc(-c3cccc(-n4c5ccccc5c5ccccc54)c3)nc(-c3c4ccccc4cc4c3ccc3ccccc34)n2)cc1. The molecule has 11 aromatic rings. The third-order valence-electron chi connectivity index (χ3n) is 11.0. The highest BCUT2D eigenvalue weighted by Gasteiger charge is 2.19. The molecule has 0 atom stereocenters. The van der Waals surface area contributed by atoms with Gasteiger partial charge in [0.05, 0.1) is 22.4 Å². The third-order valence-corrected chi connectivity index (χ3v) is 11.0.